The van der Waals surface area contributed by atoms with Gasteiger partial charge in [-0.25, -0.2) is 9.59 Å². The van der Waals surface area contributed by atoms with Gasteiger partial charge in [0.05, 0.1) is 19.8 Å². The Bertz CT molecular complexity index is 2380. The summed E-state index contributed by atoms with van der Waals surface area (Å²) in [5, 5.41) is 0. The summed E-state index contributed by atoms with van der Waals surface area (Å²) in [6.07, 6.45) is 15.4. The van der Waals surface area contributed by atoms with E-state index in [0.717, 1.165) is 63.4 Å². The summed E-state index contributed by atoms with van der Waals surface area (Å²) in [5.74, 6) is -1.36. The molecule has 0 aliphatic carbocycles. The normalized spacial score (nSPS) is 12.6. The molecular weight excluding hydrogens is 1240 g/mol. The van der Waals surface area contributed by atoms with E-state index in [4.69, 9.17) is 28.4 Å². The standard InChI is InChI=1S/C50H58Br4O8S6/c1-14-40(55)61-31(24-57-18-16-34-36(65-10)20-32(63-8)21-37(34)66-11)25-58-48-27(3)44(51)42(45(52)28(48)4)43-46(53)29(5)49(30(6)47(43)54)59-26-50(7,62-41(56)15-2)60-19-17-35-38(67-12)22-33(64-9)23-39(35)68-13/h14-15,20-23,31H,1-2,16-19,24-26H2,3-13H3. The van der Waals surface area contributed by atoms with Crippen molar-refractivity contribution in [3.63, 3.8) is 0 Å². The van der Waals surface area contributed by atoms with Gasteiger partial charge in [0.25, 0.3) is 0 Å². The van der Waals surface area contributed by atoms with Gasteiger partial charge in [0.1, 0.15) is 18.1 Å². The summed E-state index contributed by atoms with van der Waals surface area (Å²) in [6.45, 7) is 17.6. The van der Waals surface area contributed by atoms with Gasteiger partial charge in [-0.3, -0.25) is 0 Å². The van der Waals surface area contributed by atoms with Crippen LogP contribution in [0.25, 0.3) is 11.1 Å². The van der Waals surface area contributed by atoms with Crippen molar-refractivity contribution >= 4 is 146 Å². The molecule has 0 saturated carbocycles. The van der Waals surface area contributed by atoms with Gasteiger partial charge >= 0.3 is 11.9 Å². The number of benzene rings is 4. The van der Waals surface area contributed by atoms with Crippen molar-refractivity contribution in [2.24, 2.45) is 0 Å². The zero-order valence-corrected chi connectivity index (χ0v) is 51.4. The van der Waals surface area contributed by atoms with E-state index in [-0.39, 0.29) is 26.4 Å². The second-order valence-corrected chi connectivity index (χ2v) is 23.6. The highest BCUT2D eigenvalue weighted by Crippen LogP contribution is 2.52. The maximum absolute atomic E-state index is 12.7. The van der Waals surface area contributed by atoms with Crippen LogP contribution in [0.4, 0.5) is 0 Å². The average Bonchev–Trinajstić information content (AvgIpc) is 3.34. The molecule has 0 radical (unpaired) electrons. The van der Waals surface area contributed by atoms with Gasteiger partial charge < -0.3 is 28.4 Å². The van der Waals surface area contributed by atoms with Gasteiger partial charge in [0.15, 0.2) is 12.7 Å². The maximum Gasteiger partial charge on any atom is 0.332 e. The number of thioether (sulfide) groups is 6. The fraction of sp³-hybridized carbons (Fsp3) is 0.400. The van der Waals surface area contributed by atoms with Gasteiger partial charge in [-0.2, -0.15) is 0 Å². The minimum atomic E-state index is -1.43. The van der Waals surface area contributed by atoms with E-state index in [2.05, 4.69) is 139 Å². The summed E-state index contributed by atoms with van der Waals surface area (Å²) in [6, 6.07) is 8.84. The molecule has 2 unspecified atom stereocenters. The quantitative estimate of drug-likeness (QED) is 0.0196. The van der Waals surface area contributed by atoms with Crippen LogP contribution >= 0.6 is 134 Å². The first-order valence-corrected chi connectivity index (χ1v) is 31.6. The molecule has 0 heterocycles. The molecule has 0 N–H and O–H groups in total. The van der Waals surface area contributed by atoms with Crippen LogP contribution in [0.2, 0.25) is 0 Å². The summed E-state index contributed by atoms with van der Waals surface area (Å²) in [4.78, 5) is 32.4. The Labute approximate surface area is 462 Å². The highest BCUT2D eigenvalue weighted by Gasteiger charge is 2.33. The molecule has 4 aromatic rings. The lowest BCUT2D eigenvalue weighted by molar-refractivity contribution is -0.230. The SMILES string of the molecule is C=CC(=O)OC(COCCc1c(SC)cc(SC)cc1SC)COc1c(C)c(Br)c(-c2c(Br)c(C)c(OCC(C)(OCCc3c(SC)cc(SC)cc3SC)OC(=O)C=C)c(C)c2Br)c(Br)c1C. The topological polar surface area (TPSA) is 89.5 Å². The lowest BCUT2D eigenvalue weighted by Crippen LogP contribution is -2.41. The molecule has 0 saturated heterocycles. The third-order valence-corrected chi connectivity index (χ3v) is 19.4. The Hall–Kier alpha value is -1.16. The van der Waals surface area contributed by atoms with Crippen molar-refractivity contribution in [2.75, 3.05) is 70.6 Å². The molecule has 8 nitrogen and oxygen atoms in total. The van der Waals surface area contributed by atoms with Crippen LogP contribution in [0.5, 0.6) is 11.5 Å². The number of hydrogen-bond acceptors (Lipinski definition) is 14. The zero-order valence-electron chi connectivity index (χ0n) is 40.1. The lowest BCUT2D eigenvalue weighted by atomic mass is 9.96. The van der Waals surface area contributed by atoms with Gasteiger partial charge in [-0.1, -0.05) is 13.2 Å². The van der Waals surface area contributed by atoms with E-state index < -0.39 is 23.8 Å². The van der Waals surface area contributed by atoms with Crippen molar-refractivity contribution in [3.8, 4) is 22.6 Å². The summed E-state index contributed by atoms with van der Waals surface area (Å²) in [5.41, 5.74) is 7.55. The molecule has 4 rings (SSSR count). The monoisotopic (exact) mass is 1290 g/mol. The summed E-state index contributed by atoms with van der Waals surface area (Å²) < 4.78 is 40.3. The Morgan fingerprint density at radius 2 is 1.00 bits per heavy atom. The van der Waals surface area contributed by atoms with Gasteiger partial charge in [0, 0.05) is 99.7 Å². The molecule has 370 valence electrons. The Morgan fingerprint density at radius 3 is 1.38 bits per heavy atom. The first-order chi connectivity index (χ1) is 32.4. The fourth-order valence-corrected chi connectivity index (χ4v) is 14.3. The minimum absolute atomic E-state index is 0.0550. The number of ether oxygens (including phenoxy) is 6. The Kier molecular flexibility index (Phi) is 24.8. The van der Waals surface area contributed by atoms with Crippen LogP contribution in [-0.2, 0) is 41.4 Å². The molecular formula is C50H58Br4O8S6. The molecule has 0 aromatic heterocycles. The molecule has 68 heavy (non-hydrogen) atoms. The molecule has 0 aliphatic rings. The molecule has 0 aliphatic heterocycles. The van der Waals surface area contributed by atoms with E-state index in [1.54, 1.807) is 77.5 Å². The molecule has 0 spiro atoms. The van der Waals surface area contributed by atoms with Gasteiger partial charge in [-0.05, 0) is 177 Å². The number of esters is 2. The fourth-order valence-electron chi connectivity index (χ4n) is 7.25. The van der Waals surface area contributed by atoms with Crippen LogP contribution in [0, 0.1) is 27.7 Å². The number of halogens is 4. The number of carbonyl (C=O) groups is 2. The Balaban J connectivity index is 1.57. The van der Waals surface area contributed by atoms with Crippen LogP contribution < -0.4 is 9.47 Å². The van der Waals surface area contributed by atoms with Crippen molar-refractivity contribution in [3.05, 3.63) is 101 Å². The first-order valence-electron chi connectivity index (χ1n) is 21.1. The third-order valence-electron chi connectivity index (χ3n) is 10.8. The lowest BCUT2D eigenvalue weighted by Gasteiger charge is -2.30. The maximum atomic E-state index is 12.7. The van der Waals surface area contributed by atoms with Crippen LogP contribution in [0.3, 0.4) is 0 Å². The van der Waals surface area contributed by atoms with Gasteiger partial charge in [-0.15, -0.1) is 70.6 Å². The highest BCUT2D eigenvalue weighted by molar-refractivity contribution is 9.11. The third kappa shape index (κ3) is 15.0. The molecule has 0 bridgehead atoms. The predicted octanol–water partition coefficient (Wildman–Crippen LogP) is 15.8. The molecule has 0 fully saturated rings. The van der Waals surface area contributed by atoms with Crippen molar-refractivity contribution in [1.82, 2.24) is 0 Å². The summed E-state index contributed by atoms with van der Waals surface area (Å²) >= 11 is 26.0. The number of rotatable bonds is 26. The van der Waals surface area contributed by atoms with E-state index in [0.29, 0.717) is 30.9 Å². The molecule has 0 amide bonds. The van der Waals surface area contributed by atoms with Gasteiger partial charge in [0.2, 0.25) is 5.79 Å². The van der Waals surface area contributed by atoms with E-state index in [9.17, 15) is 9.59 Å². The first kappa shape index (κ1) is 59.4. The Morgan fingerprint density at radius 1 is 0.603 bits per heavy atom. The predicted molar refractivity (Wildman–Crippen MR) is 305 cm³/mol. The van der Waals surface area contributed by atoms with Crippen LogP contribution in [-0.4, -0.2) is 94.4 Å². The second kappa shape index (κ2) is 28.3. The number of carbonyl (C=O) groups excluding carboxylic acids is 2. The van der Waals surface area contributed by atoms with Crippen molar-refractivity contribution in [1.29, 1.82) is 0 Å². The summed E-state index contributed by atoms with van der Waals surface area (Å²) in [7, 11) is 0. The van der Waals surface area contributed by atoms with Crippen molar-refractivity contribution in [2.45, 2.75) is 88.7 Å². The van der Waals surface area contributed by atoms with E-state index in [1.165, 1.54) is 40.5 Å². The highest BCUT2D eigenvalue weighted by atomic mass is 79.9. The average molecular weight is 1300 g/mol. The second-order valence-electron chi connectivity index (χ2n) is 15.2. The van der Waals surface area contributed by atoms with Crippen LogP contribution in [0.15, 0.2) is 96.8 Å². The van der Waals surface area contributed by atoms with E-state index in [1.807, 2.05) is 27.7 Å². The smallest absolute Gasteiger partial charge is 0.332 e. The molecule has 4 aromatic carbocycles. The van der Waals surface area contributed by atoms with E-state index >= 15 is 0 Å². The zero-order chi connectivity index (χ0) is 50.5. The molecule has 2 atom stereocenters. The minimum Gasteiger partial charge on any atom is -0.489 e. The number of hydrogen-bond donors (Lipinski definition) is 0. The molecule has 18 heteroatoms. The van der Waals surface area contributed by atoms with Crippen LogP contribution in [0.1, 0.15) is 40.3 Å². The largest absolute Gasteiger partial charge is 0.489 e. The van der Waals surface area contributed by atoms with Crippen molar-refractivity contribution < 1.29 is 38.0 Å².